The first kappa shape index (κ1) is 21.1. The van der Waals surface area contributed by atoms with Crippen LogP contribution < -0.4 is 10.6 Å². The quantitative estimate of drug-likeness (QED) is 0.440. The molecule has 3 rings (SSSR count). The number of nitrogens with one attached hydrogen (secondary N) is 2. The molecular weight excluding hydrogens is 455 g/mol. The molecule has 0 saturated heterocycles. The molecule has 0 aliphatic carbocycles. The van der Waals surface area contributed by atoms with Crippen LogP contribution in [0.25, 0.3) is 0 Å². The number of halogens is 2. The van der Waals surface area contributed by atoms with Crippen molar-refractivity contribution in [2.75, 3.05) is 16.4 Å². The van der Waals surface area contributed by atoms with Gasteiger partial charge in [0, 0.05) is 20.6 Å². The fraction of sp³-hybridized carbons (Fsp3) is 0.0909. The Kier molecular flexibility index (Phi) is 7.06. The molecule has 0 saturated carbocycles. The molecule has 0 aliphatic heterocycles. The van der Waals surface area contributed by atoms with Gasteiger partial charge in [-0.15, -0.1) is 11.8 Å². The summed E-state index contributed by atoms with van der Waals surface area (Å²) in [5.74, 6) is -0.895. The largest absolute Gasteiger partial charge is 0.323 e. The molecule has 0 fully saturated rings. The lowest BCUT2D eigenvalue weighted by molar-refractivity contribution is -0.113. The van der Waals surface area contributed by atoms with Gasteiger partial charge in [-0.2, -0.15) is 0 Å². The number of carbonyl (C=O) groups excluding carboxylic acids is 2. The molecule has 0 spiro atoms. The Morgan fingerprint density at radius 2 is 1.79 bits per heavy atom. The van der Waals surface area contributed by atoms with Crippen molar-refractivity contribution in [3.8, 4) is 0 Å². The molecular formula is C22H18BrFN2O2S. The summed E-state index contributed by atoms with van der Waals surface area (Å²) in [6, 6.07) is 19.0. The van der Waals surface area contributed by atoms with Crippen LogP contribution in [0.5, 0.6) is 0 Å². The average molecular weight is 473 g/mol. The number of thioether (sulfide) groups is 1. The van der Waals surface area contributed by atoms with Crippen molar-refractivity contribution < 1.29 is 14.0 Å². The minimum absolute atomic E-state index is 0.116. The van der Waals surface area contributed by atoms with Crippen molar-refractivity contribution in [2.45, 2.75) is 11.8 Å². The van der Waals surface area contributed by atoms with Crippen LogP contribution in [0.1, 0.15) is 15.9 Å². The molecule has 0 unspecified atom stereocenters. The Morgan fingerprint density at radius 3 is 2.55 bits per heavy atom. The molecule has 2 amide bonds. The zero-order valence-electron chi connectivity index (χ0n) is 15.5. The van der Waals surface area contributed by atoms with Gasteiger partial charge >= 0.3 is 0 Å². The van der Waals surface area contributed by atoms with Crippen LogP contribution >= 0.6 is 27.7 Å². The highest BCUT2D eigenvalue weighted by Gasteiger charge is 2.10. The highest BCUT2D eigenvalue weighted by atomic mass is 79.9. The molecule has 0 aromatic heterocycles. The zero-order valence-corrected chi connectivity index (χ0v) is 17.9. The first-order valence-corrected chi connectivity index (χ1v) is 10.5. The minimum atomic E-state index is -0.501. The number of anilines is 2. The van der Waals surface area contributed by atoms with E-state index in [1.807, 2.05) is 31.2 Å². The maximum atomic E-state index is 13.8. The predicted molar refractivity (Wildman–Crippen MR) is 119 cm³/mol. The van der Waals surface area contributed by atoms with Crippen LogP contribution in [-0.2, 0) is 4.79 Å². The highest BCUT2D eigenvalue weighted by molar-refractivity contribution is 9.10. The second kappa shape index (κ2) is 9.71. The summed E-state index contributed by atoms with van der Waals surface area (Å²) in [5.41, 5.74) is 2.37. The minimum Gasteiger partial charge on any atom is -0.323 e. The summed E-state index contributed by atoms with van der Waals surface area (Å²) in [6.07, 6.45) is 0. The van der Waals surface area contributed by atoms with Gasteiger partial charge in [-0.25, -0.2) is 4.39 Å². The van der Waals surface area contributed by atoms with E-state index in [9.17, 15) is 14.0 Å². The van der Waals surface area contributed by atoms with Crippen LogP contribution in [0, 0.1) is 12.7 Å². The molecule has 29 heavy (non-hydrogen) atoms. The second-order valence-corrected chi connectivity index (χ2v) is 8.28. The maximum absolute atomic E-state index is 13.8. The Bertz CT molecular complexity index is 1060. The van der Waals surface area contributed by atoms with Crippen molar-refractivity contribution in [1.29, 1.82) is 0 Å². The van der Waals surface area contributed by atoms with Gasteiger partial charge in [0.25, 0.3) is 5.91 Å². The standard InChI is InChI=1S/C22H18BrFN2O2S/c1-14-4-2-5-15(10-14)22(28)25-17-6-3-7-18(12-17)29-13-21(27)26-20-9-8-16(23)11-19(20)24/h2-12H,13H2,1H3,(H,25,28)(H,26,27). The third-order valence-electron chi connectivity index (χ3n) is 3.95. The lowest BCUT2D eigenvalue weighted by Gasteiger charge is -2.09. The normalized spacial score (nSPS) is 10.4. The van der Waals surface area contributed by atoms with E-state index in [0.29, 0.717) is 15.7 Å². The van der Waals surface area contributed by atoms with Gasteiger partial charge < -0.3 is 10.6 Å². The van der Waals surface area contributed by atoms with E-state index >= 15 is 0 Å². The van der Waals surface area contributed by atoms with Crippen LogP contribution in [-0.4, -0.2) is 17.6 Å². The molecule has 0 atom stereocenters. The fourth-order valence-electron chi connectivity index (χ4n) is 2.58. The molecule has 4 nitrogen and oxygen atoms in total. The Morgan fingerprint density at radius 1 is 1.00 bits per heavy atom. The van der Waals surface area contributed by atoms with Crippen LogP contribution in [0.15, 0.2) is 76.1 Å². The number of aryl methyl sites for hydroxylation is 1. The third-order valence-corrected chi connectivity index (χ3v) is 5.43. The van der Waals surface area contributed by atoms with Gasteiger partial charge in [0.15, 0.2) is 0 Å². The molecule has 0 aliphatic rings. The van der Waals surface area contributed by atoms with Gasteiger partial charge in [-0.3, -0.25) is 9.59 Å². The Hall–Kier alpha value is -2.64. The van der Waals surface area contributed by atoms with E-state index in [1.165, 1.54) is 23.9 Å². The van der Waals surface area contributed by atoms with Crippen LogP contribution in [0.4, 0.5) is 15.8 Å². The third kappa shape index (κ3) is 6.17. The molecule has 7 heteroatoms. The van der Waals surface area contributed by atoms with E-state index in [4.69, 9.17) is 0 Å². The van der Waals surface area contributed by atoms with Crippen molar-refractivity contribution >= 4 is 50.9 Å². The first-order chi connectivity index (χ1) is 13.9. The fourth-order valence-corrected chi connectivity index (χ4v) is 3.67. The summed E-state index contributed by atoms with van der Waals surface area (Å²) in [5, 5.41) is 5.42. The molecule has 0 bridgehead atoms. The summed E-state index contributed by atoms with van der Waals surface area (Å²) in [7, 11) is 0. The Balaban J connectivity index is 1.58. The van der Waals surface area contributed by atoms with E-state index in [2.05, 4.69) is 26.6 Å². The zero-order chi connectivity index (χ0) is 20.8. The highest BCUT2D eigenvalue weighted by Crippen LogP contribution is 2.23. The van der Waals surface area contributed by atoms with Crippen LogP contribution in [0.3, 0.4) is 0 Å². The molecule has 0 radical (unpaired) electrons. The van der Waals surface area contributed by atoms with Crippen molar-refractivity contribution in [1.82, 2.24) is 0 Å². The number of hydrogen-bond donors (Lipinski definition) is 2. The monoisotopic (exact) mass is 472 g/mol. The maximum Gasteiger partial charge on any atom is 0.255 e. The Labute approximate surface area is 181 Å². The van der Waals surface area contributed by atoms with Gasteiger partial charge in [0.2, 0.25) is 5.91 Å². The topological polar surface area (TPSA) is 58.2 Å². The molecule has 3 aromatic rings. The summed E-state index contributed by atoms with van der Waals surface area (Å²) in [4.78, 5) is 25.3. The summed E-state index contributed by atoms with van der Waals surface area (Å²) >= 11 is 4.48. The van der Waals surface area contributed by atoms with Gasteiger partial charge in [-0.1, -0.05) is 39.7 Å². The SMILES string of the molecule is Cc1cccc(C(=O)Nc2cccc(SCC(=O)Nc3ccc(Br)cc3F)c2)c1. The van der Waals surface area contributed by atoms with E-state index in [1.54, 1.807) is 30.3 Å². The number of rotatable bonds is 6. The molecule has 3 aromatic carbocycles. The average Bonchev–Trinajstić information content (AvgIpc) is 2.69. The van der Waals surface area contributed by atoms with E-state index < -0.39 is 5.82 Å². The summed E-state index contributed by atoms with van der Waals surface area (Å²) in [6.45, 7) is 1.93. The van der Waals surface area contributed by atoms with Crippen molar-refractivity contribution in [3.05, 3.63) is 88.1 Å². The van der Waals surface area contributed by atoms with E-state index in [0.717, 1.165) is 10.5 Å². The predicted octanol–water partition coefficient (Wildman–Crippen LogP) is 5.88. The lowest BCUT2D eigenvalue weighted by atomic mass is 10.1. The molecule has 148 valence electrons. The number of amides is 2. The first-order valence-electron chi connectivity index (χ1n) is 8.76. The van der Waals surface area contributed by atoms with Gasteiger partial charge in [0.05, 0.1) is 11.4 Å². The lowest BCUT2D eigenvalue weighted by Crippen LogP contribution is -2.15. The smallest absolute Gasteiger partial charge is 0.255 e. The van der Waals surface area contributed by atoms with Crippen molar-refractivity contribution in [2.24, 2.45) is 0 Å². The number of benzene rings is 3. The number of carbonyl (C=O) groups is 2. The van der Waals surface area contributed by atoms with E-state index in [-0.39, 0.29) is 23.3 Å². The number of hydrogen-bond acceptors (Lipinski definition) is 3. The molecule has 0 heterocycles. The second-order valence-electron chi connectivity index (χ2n) is 6.31. The van der Waals surface area contributed by atoms with Gasteiger partial charge in [-0.05, 0) is 55.5 Å². The van der Waals surface area contributed by atoms with Gasteiger partial charge in [0.1, 0.15) is 5.82 Å². The summed E-state index contributed by atoms with van der Waals surface area (Å²) < 4.78 is 14.4. The van der Waals surface area contributed by atoms with Crippen molar-refractivity contribution in [3.63, 3.8) is 0 Å². The van der Waals surface area contributed by atoms with Crippen LogP contribution in [0.2, 0.25) is 0 Å². The molecule has 2 N–H and O–H groups in total.